The molecule has 1 aromatic carbocycles. The van der Waals surface area contributed by atoms with E-state index in [1.165, 1.54) is 18.3 Å². The zero-order valence-corrected chi connectivity index (χ0v) is 17.9. The number of Topliss-reactive ketones (excluding diaryl/α,β-unsaturated/α-hetero) is 1. The lowest BCUT2D eigenvalue weighted by atomic mass is 9.92. The van der Waals surface area contributed by atoms with E-state index in [0.717, 1.165) is 5.69 Å². The number of carbonyl (C=O) groups is 1. The fourth-order valence-electron chi connectivity index (χ4n) is 3.68. The van der Waals surface area contributed by atoms with E-state index in [-0.39, 0.29) is 11.3 Å². The third-order valence-electron chi connectivity index (χ3n) is 5.04. The maximum Gasteiger partial charge on any atom is 0.271 e. The minimum absolute atomic E-state index is 0.141. The van der Waals surface area contributed by atoms with Gasteiger partial charge in [0.05, 0.1) is 24.8 Å². The highest BCUT2D eigenvalue weighted by molar-refractivity contribution is 7.07. The largest absolute Gasteiger partial charge is 0.497 e. The van der Waals surface area contributed by atoms with Crippen molar-refractivity contribution in [2.45, 2.75) is 19.9 Å². The molecule has 0 bridgehead atoms. The number of hydrogen-bond donors (Lipinski definition) is 1. The molecule has 1 aliphatic rings. The minimum atomic E-state index is -0.634. The molecule has 1 N–H and O–H groups in total. The summed E-state index contributed by atoms with van der Waals surface area (Å²) in [5.41, 5.74) is 2.38. The minimum Gasteiger partial charge on any atom is -0.497 e. The van der Waals surface area contributed by atoms with Crippen molar-refractivity contribution in [3.05, 3.63) is 78.7 Å². The van der Waals surface area contributed by atoms with Gasteiger partial charge in [0, 0.05) is 34.8 Å². The number of methoxy groups -OCH3 is 2. The van der Waals surface area contributed by atoms with Crippen LogP contribution in [0.5, 0.6) is 11.5 Å². The molecular formula is C22H21N3O4S. The number of fused-ring (bicyclic) bond motifs is 1. The van der Waals surface area contributed by atoms with E-state index in [4.69, 9.17) is 9.47 Å². The number of allylic oxidation sites excluding steroid dienone is 2. The number of aromatic amines is 1. The van der Waals surface area contributed by atoms with Gasteiger partial charge in [0.15, 0.2) is 10.6 Å². The van der Waals surface area contributed by atoms with Crippen molar-refractivity contribution in [1.82, 2.24) is 9.55 Å². The van der Waals surface area contributed by atoms with Crippen LogP contribution in [0, 0.1) is 0 Å². The number of hydrogen-bond acceptors (Lipinski definition) is 6. The Balaban J connectivity index is 2.02. The zero-order chi connectivity index (χ0) is 21.4. The third-order valence-corrected chi connectivity index (χ3v) is 6.03. The van der Waals surface area contributed by atoms with Crippen molar-refractivity contribution in [1.29, 1.82) is 0 Å². The number of nitrogens with one attached hydrogen (secondary N) is 1. The van der Waals surface area contributed by atoms with Gasteiger partial charge in [-0.15, -0.1) is 0 Å². The predicted molar refractivity (Wildman–Crippen MR) is 115 cm³/mol. The molecule has 30 heavy (non-hydrogen) atoms. The number of H-pyrrole nitrogens is 1. The third kappa shape index (κ3) is 3.29. The Morgan fingerprint density at radius 2 is 2.07 bits per heavy atom. The first-order valence-electron chi connectivity index (χ1n) is 9.33. The van der Waals surface area contributed by atoms with Crippen molar-refractivity contribution in [3.8, 4) is 11.5 Å². The van der Waals surface area contributed by atoms with E-state index < -0.39 is 6.04 Å². The summed E-state index contributed by atoms with van der Waals surface area (Å²) in [6, 6.07) is 8.48. The van der Waals surface area contributed by atoms with Gasteiger partial charge in [-0.1, -0.05) is 11.3 Å². The van der Waals surface area contributed by atoms with Crippen LogP contribution in [0.25, 0.3) is 6.08 Å². The summed E-state index contributed by atoms with van der Waals surface area (Å²) in [5.74, 6) is 1.02. The van der Waals surface area contributed by atoms with Crippen LogP contribution in [0.1, 0.15) is 31.1 Å². The van der Waals surface area contributed by atoms with Crippen molar-refractivity contribution >= 4 is 23.2 Å². The summed E-state index contributed by atoms with van der Waals surface area (Å²) in [4.78, 5) is 34.2. The van der Waals surface area contributed by atoms with Gasteiger partial charge in [-0.3, -0.25) is 14.2 Å². The summed E-state index contributed by atoms with van der Waals surface area (Å²) in [7, 11) is 3.13. The first kappa shape index (κ1) is 19.9. The second-order valence-corrected chi connectivity index (χ2v) is 7.88. The number of nitrogens with zero attached hydrogens (tertiary/aromatic N) is 2. The summed E-state index contributed by atoms with van der Waals surface area (Å²) >= 11 is 1.29. The van der Waals surface area contributed by atoms with E-state index >= 15 is 0 Å². The van der Waals surface area contributed by atoms with Crippen molar-refractivity contribution in [3.63, 3.8) is 0 Å². The molecular weight excluding hydrogens is 402 g/mol. The lowest BCUT2D eigenvalue weighted by molar-refractivity contribution is -0.114. The van der Waals surface area contributed by atoms with E-state index in [2.05, 4.69) is 9.98 Å². The molecule has 8 heteroatoms. The molecule has 0 radical (unpaired) electrons. The van der Waals surface area contributed by atoms with Crippen LogP contribution >= 0.6 is 11.3 Å². The van der Waals surface area contributed by atoms with Gasteiger partial charge >= 0.3 is 0 Å². The molecule has 1 aliphatic heterocycles. The Hall–Kier alpha value is -3.39. The number of carbonyl (C=O) groups excluding carboxylic acids is 1. The molecule has 3 heterocycles. The van der Waals surface area contributed by atoms with E-state index in [9.17, 15) is 9.59 Å². The van der Waals surface area contributed by atoms with Crippen LogP contribution in [0.4, 0.5) is 0 Å². The Morgan fingerprint density at radius 3 is 2.70 bits per heavy atom. The highest BCUT2D eigenvalue weighted by Gasteiger charge is 2.32. The molecule has 1 atom stereocenters. The standard InChI is InChI=1S/C22H21N3O4S/c1-12-19(13(2)26)20(16-8-7-15(28-3)11-17(16)29-4)25-21(27)18(30-22(25)24-12)10-14-6-5-9-23-14/h5-11,20,23H,1-4H3/b18-10-/t20-/m0/s1. The first-order chi connectivity index (χ1) is 14.4. The molecule has 0 spiro atoms. The lowest BCUT2D eigenvalue weighted by Crippen LogP contribution is -2.39. The molecule has 2 aromatic heterocycles. The monoisotopic (exact) mass is 423 g/mol. The van der Waals surface area contributed by atoms with Gasteiger partial charge in [-0.2, -0.15) is 0 Å². The molecule has 0 amide bonds. The maximum atomic E-state index is 13.4. The van der Waals surface area contributed by atoms with Gasteiger partial charge in [0.2, 0.25) is 0 Å². The molecule has 0 unspecified atom stereocenters. The lowest BCUT2D eigenvalue weighted by Gasteiger charge is -2.26. The molecule has 0 saturated heterocycles. The SMILES string of the molecule is COc1ccc([C@H]2C(C(C)=O)=C(C)N=c3s/c(=C\c4ccc[nH]4)c(=O)n32)c(OC)c1. The number of thiazole rings is 1. The van der Waals surface area contributed by atoms with Crippen LogP contribution in [0.3, 0.4) is 0 Å². The summed E-state index contributed by atoms with van der Waals surface area (Å²) < 4.78 is 13.0. The molecule has 7 nitrogen and oxygen atoms in total. The molecule has 0 fully saturated rings. The summed E-state index contributed by atoms with van der Waals surface area (Å²) in [6.45, 7) is 3.29. The molecule has 4 rings (SSSR count). The van der Waals surface area contributed by atoms with Gasteiger partial charge < -0.3 is 14.5 Å². The fourth-order valence-corrected chi connectivity index (χ4v) is 4.72. The Morgan fingerprint density at radius 1 is 1.27 bits per heavy atom. The Labute approximate surface area is 176 Å². The molecule has 0 saturated carbocycles. The van der Waals surface area contributed by atoms with Gasteiger partial charge in [-0.05, 0) is 44.2 Å². The second kappa shape index (κ2) is 7.79. The number of ether oxygens (including phenoxy) is 2. The topological polar surface area (TPSA) is 85.7 Å². The zero-order valence-electron chi connectivity index (χ0n) is 17.1. The number of aromatic nitrogens is 2. The molecule has 3 aromatic rings. The summed E-state index contributed by atoms with van der Waals surface area (Å²) in [6.07, 6.45) is 3.59. The van der Waals surface area contributed by atoms with E-state index in [1.54, 1.807) is 50.1 Å². The first-order valence-corrected chi connectivity index (χ1v) is 10.1. The second-order valence-electron chi connectivity index (χ2n) is 6.87. The van der Waals surface area contributed by atoms with Crippen molar-refractivity contribution < 1.29 is 14.3 Å². The van der Waals surface area contributed by atoms with Crippen molar-refractivity contribution in [2.24, 2.45) is 4.99 Å². The van der Waals surface area contributed by atoms with Crippen molar-refractivity contribution in [2.75, 3.05) is 14.2 Å². The highest BCUT2D eigenvalue weighted by atomic mass is 32.1. The summed E-state index contributed by atoms with van der Waals surface area (Å²) in [5, 5.41) is 0. The molecule has 0 aliphatic carbocycles. The van der Waals surface area contributed by atoms with Gasteiger partial charge in [0.1, 0.15) is 11.5 Å². The smallest absolute Gasteiger partial charge is 0.271 e. The van der Waals surface area contributed by atoms with Gasteiger partial charge in [0.25, 0.3) is 5.56 Å². The Kier molecular flexibility index (Phi) is 5.17. The Bertz CT molecular complexity index is 1330. The number of benzene rings is 1. The average molecular weight is 423 g/mol. The van der Waals surface area contributed by atoms with Crippen LogP contribution in [-0.2, 0) is 4.79 Å². The predicted octanol–water partition coefficient (Wildman–Crippen LogP) is 2.17. The van der Waals surface area contributed by atoms with E-state index in [1.807, 2.05) is 18.2 Å². The van der Waals surface area contributed by atoms with Crippen LogP contribution in [-0.4, -0.2) is 29.6 Å². The fraction of sp³-hybridized carbons (Fsp3) is 0.227. The normalized spacial score (nSPS) is 16.3. The average Bonchev–Trinajstić information content (AvgIpc) is 3.34. The number of rotatable bonds is 5. The quantitative estimate of drug-likeness (QED) is 0.682. The van der Waals surface area contributed by atoms with Crippen LogP contribution < -0.4 is 24.4 Å². The van der Waals surface area contributed by atoms with Crippen LogP contribution in [0.2, 0.25) is 0 Å². The maximum absolute atomic E-state index is 13.4. The van der Waals surface area contributed by atoms with Crippen LogP contribution in [0.15, 0.2) is 57.6 Å². The van der Waals surface area contributed by atoms with Gasteiger partial charge in [-0.25, -0.2) is 4.99 Å². The highest BCUT2D eigenvalue weighted by Crippen LogP contribution is 2.37. The van der Waals surface area contributed by atoms with E-state index in [0.29, 0.717) is 37.7 Å². The molecule has 154 valence electrons. The number of ketones is 1.